The third-order valence-corrected chi connectivity index (χ3v) is 2.65. The van der Waals surface area contributed by atoms with E-state index in [0.717, 1.165) is 5.56 Å². The van der Waals surface area contributed by atoms with Gasteiger partial charge in [-0.3, -0.25) is 4.68 Å². The molecule has 1 atom stereocenters. The predicted molar refractivity (Wildman–Crippen MR) is 65.0 cm³/mol. The van der Waals surface area contributed by atoms with Gasteiger partial charge in [0, 0.05) is 18.7 Å². The second-order valence-corrected chi connectivity index (χ2v) is 4.00. The molecule has 0 amide bonds. The normalized spacial score (nSPS) is 12.4. The molecule has 5 nitrogen and oxygen atoms in total. The van der Waals surface area contributed by atoms with Gasteiger partial charge in [-0.05, 0) is 32.2 Å². The highest BCUT2D eigenvalue weighted by molar-refractivity contribution is 5.37. The molecule has 96 valence electrons. The lowest BCUT2D eigenvalue weighted by molar-refractivity contribution is 0.425. The number of nitrogens with one attached hydrogen (secondary N) is 1. The van der Waals surface area contributed by atoms with Crippen LogP contribution in [0.3, 0.4) is 0 Å². The van der Waals surface area contributed by atoms with E-state index in [1.54, 1.807) is 31.2 Å². The van der Waals surface area contributed by atoms with Crippen molar-refractivity contribution < 1.29 is 9.13 Å². The molecule has 1 aromatic heterocycles. The molecule has 2 aromatic rings. The lowest BCUT2D eigenvalue weighted by Crippen LogP contribution is -2.13. The monoisotopic (exact) mass is 250 g/mol. The number of halogens is 1. The Morgan fingerprint density at radius 1 is 1.44 bits per heavy atom. The van der Waals surface area contributed by atoms with E-state index < -0.39 is 0 Å². The molecule has 1 unspecified atom stereocenters. The molecular weight excluding hydrogens is 235 g/mol. The Morgan fingerprint density at radius 2 is 2.22 bits per heavy atom. The van der Waals surface area contributed by atoms with Crippen LogP contribution >= 0.6 is 0 Å². The van der Waals surface area contributed by atoms with Crippen LogP contribution in [0.15, 0.2) is 24.5 Å². The molecule has 1 heterocycles. The van der Waals surface area contributed by atoms with Gasteiger partial charge in [-0.2, -0.15) is 4.98 Å². The van der Waals surface area contributed by atoms with Crippen molar-refractivity contribution in [2.45, 2.75) is 13.0 Å². The summed E-state index contributed by atoms with van der Waals surface area (Å²) in [5, 5.41) is 7.07. The molecule has 0 aliphatic rings. The van der Waals surface area contributed by atoms with Crippen molar-refractivity contribution in [2.24, 2.45) is 7.05 Å². The van der Waals surface area contributed by atoms with Gasteiger partial charge in [0.1, 0.15) is 17.9 Å². The Kier molecular flexibility index (Phi) is 3.57. The highest BCUT2D eigenvalue weighted by Gasteiger charge is 2.13. The second-order valence-electron chi connectivity index (χ2n) is 4.00. The Morgan fingerprint density at radius 3 is 2.83 bits per heavy atom. The van der Waals surface area contributed by atoms with Crippen molar-refractivity contribution in [2.75, 3.05) is 7.05 Å². The minimum atomic E-state index is -0.298. The molecule has 0 saturated heterocycles. The quantitative estimate of drug-likeness (QED) is 0.902. The molecule has 0 aliphatic carbocycles. The minimum Gasteiger partial charge on any atom is -0.423 e. The van der Waals surface area contributed by atoms with Crippen LogP contribution in [0.2, 0.25) is 0 Å². The van der Waals surface area contributed by atoms with Crippen LogP contribution in [0.4, 0.5) is 4.39 Å². The van der Waals surface area contributed by atoms with Crippen molar-refractivity contribution in [3.63, 3.8) is 0 Å². The summed E-state index contributed by atoms with van der Waals surface area (Å²) < 4.78 is 20.4. The molecule has 0 radical (unpaired) electrons. The van der Waals surface area contributed by atoms with E-state index in [1.165, 1.54) is 12.1 Å². The predicted octanol–water partition coefficient (Wildman–Crippen LogP) is 2.03. The van der Waals surface area contributed by atoms with E-state index in [2.05, 4.69) is 15.4 Å². The Hall–Kier alpha value is -1.95. The third-order valence-electron chi connectivity index (χ3n) is 2.65. The summed E-state index contributed by atoms with van der Waals surface area (Å²) >= 11 is 0. The van der Waals surface area contributed by atoms with Crippen molar-refractivity contribution in [1.82, 2.24) is 20.1 Å². The Balaban J connectivity index is 2.31. The van der Waals surface area contributed by atoms with E-state index >= 15 is 0 Å². The molecule has 1 N–H and O–H groups in total. The van der Waals surface area contributed by atoms with Gasteiger partial charge >= 0.3 is 6.01 Å². The van der Waals surface area contributed by atoms with Crippen LogP contribution in [0.25, 0.3) is 0 Å². The Labute approximate surface area is 105 Å². The van der Waals surface area contributed by atoms with Gasteiger partial charge in [-0.1, -0.05) is 0 Å². The fourth-order valence-corrected chi connectivity index (χ4v) is 1.57. The molecule has 1 aromatic carbocycles. The average Bonchev–Trinajstić information content (AvgIpc) is 2.76. The van der Waals surface area contributed by atoms with E-state index in [4.69, 9.17) is 4.74 Å². The number of hydrogen-bond acceptors (Lipinski definition) is 4. The smallest absolute Gasteiger partial charge is 0.340 e. The van der Waals surface area contributed by atoms with Crippen LogP contribution in [0, 0.1) is 5.82 Å². The first-order valence-electron chi connectivity index (χ1n) is 5.60. The molecule has 0 aliphatic heterocycles. The second kappa shape index (κ2) is 5.14. The molecule has 18 heavy (non-hydrogen) atoms. The van der Waals surface area contributed by atoms with Crippen LogP contribution in [-0.4, -0.2) is 21.8 Å². The zero-order valence-corrected chi connectivity index (χ0v) is 10.5. The largest absolute Gasteiger partial charge is 0.423 e. The maximum Gasteiger partial charge on any atom is 0.340 e. The fraction of sp³-hybridized carbons (Fsp3) is 0.333. The first kappa shape index (κ1) is 12.5. The first-order chi connectivity index (χ1) is 8.60. The van der Waals surface area contributed by atoms with Gasteiger partial charge < -0.3 is 10.1 Å². The fourth-order valence-electron chi connectivity index (χ4n) is 1.57. The average molecular weight is 250 g/mol. The number of nitrogens with zero attached hydrogens (tertiary/aromatic N) is 3. The van der Waals surface area contributed by atoms with Crippen molar-refractivity contribution in [3.05, 3.63) is 35.9 Å². The van der Waals surface area contributed by atoms with Gasteiger partial charge in [0.25, 0.3) is 0 Å². The number of benzene rings is 1. The number of ether oxygens (including phenoxy) is 1. The molecule has 0 fully saturated rings. The van der Waals surface area contributed by atoms with Gasteiger partial charge in [-0.25, -0.2) is 4.39 Å². The van der Waals surface area contributed by atoms with Crippen molar-refractivity contribution in [3.8, 4) is 11.8 Å². The van der Waals surface area contributed by atoms with Gasteiger partial charge in [0.2, 0.25) is 0 Å². The van der Waals surface area contributed by atoms with Crippen molar-refractivity contribution >= 4 is 0 Å². The van der Waals surface area contributed by atoms with Gasteiger partial charge in [0.05, 0.1) is 0 Å². The van der Waals surface area contributed by atoms with Crippen molar-refractivity contribution in [1.29, 1.82) is 0 Å². The molecule has 0 bridgehead atoms. The van der Waals surface area contributed by atoms with E-state index in [0.29, 0.717) is 5.75 Å². The van der Waals surface area contributed by atoms with E-state index in [9.17, 15) is 4.39 Å². The number of aryl methyl sites for hydroxylation is 1. The number of aromatic nitrogens is 3. The zero-order valence-electron chi connectivity index (χ0n) is 10.5. The molecule has 6 heteroatoms. The molecule has 2 rings (SSSR count). The molecule has 0 spiro atoms. The SMILES string of the molecule is CNC(C)c1cc(F)ccc1Oc1ncn(C)n1. The summed E-state index contributed by atoms with van der Waals surface area (Å²) in [5.41, 5.74) is 0.727. The lowest BCUT2D eigenvalue weighted by Gasteiger charge is -2.14. The first-order valence-corrected chi connectivity index (χ1v) is 5.60. The maximum atomic E-state index is 13.3. The number of rotatable bonds is 4. The maximum absolute atomic E-state index is 13.3. The summed E-state index contributed by atoms with van der Waals surface area (Å²) in [6.45, 7) is 1.92. The summed E-state index contributed by atoms with van der Waals surface area (Å²) in [5.74, 6) is 0.248. The lowest BCUT2D eigenvalue weighted by atomic mass is 10.1. The summed E-state index contributed by atoms with van der Waals surface area (Å²) in [7, 11) is 3.56. The summed E-state index contributed by atoms with van der Waals surface area (Å²) in [6.07, 6.45) is 1.54. The van der Waals surface area contributed by atoms with Crippen LogP contribution in [0.5, 0.6) is 11.8 Å². The number of hydrogen-bond donors (Lipinski definition) is 1. The molecule has 0 saturated carbocycles. The van der Waals surface area contributed by atoms with Crippen LogP contribution < -0.4 is 10.1 Å². The van der Waals surface area contributed by atoms with Crippen LogP contribution in [0.1, 0.15) is 18.5 Å². The van der Waals surface area contributed by atoms with Gasteiger partial charge in [0.15, 0.2) is 0 Å². The zero-order chi connectivity index (χ0) is 13.1. The highest BCUT2D eigenvalue weighted by Crippen LogP contribution is 2.28. The highest BCUT2D eigenvalue weighted by atomic mass is 19.1. The van der Waals surface area contributed by atoms with Gasteiger partial charge in [-0.15, -0.1) is 5.10 Å². The third kappa shape index (κ3) is 2.65. The topological polar surface area (TPSA) is 52.0 Å². The summed E-state index contributed by atoms with van der Waals surface area (Å²) in [6, 6.07) is 4.59. The van der Waals surface area contributed by atoms with E-state index in [-0.39, 0.29) is 17.9 Å². The standard InChI is InChI=1S/C12H15FN4O/c1-8(14-2)10-6-9(13)4-5-11(10)18-12-15-7-17(3)16-12/h4-8,14H,1-3H3. The molecular formula is C12H15FN4O. The van der Waals surface area contributed by atoms with E-state index in [1.807, 2.05) is 6.92 Å². The Bertz CT molecular complexity index is 541. The minimum absolute atomic E-state index is 0.0283. The summed E-state index contributed by atoms with van der Waals surface area (Å²) in [4.78, 5) is 3.98. The van der Waals surface area contributed by atoms with Crippen LogP contribution in [-0.2, 0) is 7.05 Å².